The maximum Gasteiger partial charge on any atom is 0.144 e. The normalized spacial score (nSPS) is 13.7. The molecule has 0 saturated heterocycles. The second-order valence-corrected chi connectivity index (χ2v) is 7.79. The lowest BCUT2D eigenvalue weighted by atomic mass is 10.1. The van der Waals surface area contributed by atoms with Gasteiger partial charge < -0.3 is 4.48 Å². The first-order chi connectivity index (χ1) is 11.0. The molecule has 0 rings (SSSR count). The summed E-state index contributed by atoms with van der Waals surface area (Å²) in [4.78, 5) is 2.64. The smallest absolute Gasteiger partial charge is 0.144 e. The van der Waals surface area contributed by atoms with Crippen LogP contribution in [0.3, 0.4) is 0 Å². The monoisotopic (exact) mass is 327 g/mol. The zero-order valence-electron chi connectivity index (χ0n) is 17.4. The highest BCUT2D eigenvalue weighted by molar-refractivity contribution is 4.59. The number of quaternary nitrogens is 1. The maximum atomic E-state index is 2.64. The molecular formula is C21H47N2+. The molecule has 23 heavy (non-hydrogen) atoms. The summed E-state index contributed by atoms with van der Waals surface area (Å²) in [6.45, 7) is 12.9. The van der Waals surface area contributed by atoms with Gasteiger partial charge in [-0.15, -0.1) is 0 Å². The Morgan fingerprint density at radius 2 is 1.09 bits per heavy atom. The van der Waals surface area contributed by atoms with Crippen LogP contribution in [0.4, 0.5) is 0 Å². The standard InChI is InChI=1S/C21H47N2/c1-7-11-12-13-14-15-16-17-18-19-20-23(5,6)21(8-2)22(9-3)10-4/h21H,7-20H2,1-6H3/q+1. The van der Waals surface area contributed by atoms with Gasteiger partial charge in [-0.05, 0) is 12.8 Å². The topological polar surface area (TPSA) is 3.24 Å². The van der Waals surface area contributed by atoms with Crippen molar-refractivity contribution >= 4 is 0 Å². The molecule has 0 aliphatic carbocycles. The predicted octanol–water partition coefficient (Wildman–Crippen LogP) is 6.06. The average Bonchev–Trinajstić information content (AvgIpc) is 2.53. The Labute approximate surface area is 148 Å². The van der Waals surface area contributed by atoms with Crippen LogP contribution in [-0.4, -0.2) is 49.3 Å². The van der Waals surface area contributed by atoms with Crippen LogP contribution in [0.2, 0.25) is 0 Å². The fraction of sp³-hybridized carbons (Fsp3) is 1.00. The molecule has 0 saturated carbocycles. The fourth-order valence-electron chi connectivity index (χ4n) is 4.00. The summed E-state index contributed by atoms with van der Waals surface area (Å²) in [5.74, 6) is 0. The third kappa shape index (κ3) is 10.4. The fourth-order valence-corrected chi connectivity index (χ4v) is 4.00. The first kappa shape index (κ1) is 22.9. The molecule has 140 valence electrons. The molecule has 0 bridgehead atoms. The molecule has 0 spiro atoms. The van der Waals surface area contributed by atoms with Gasteiger partial charge in [0.2, 0.25) is 0 Å². The van der Waals surface area contributed by atoms with Gasteiger partial charge in [-0.1, -0.05) is 79.1 Å². The van der Waals surface area contributed by atoms with E-state index in [1.807, 2.05) is 0 Å². The van der Waals surface area contributed by atoms with Gasteiger partial charge in [0, 0.05) is 19.5 Å². The molecule has 2 nitrogen and oxygen atoms in total. The van der Waals surface area contributed by atoms with Gasteiger partial charge in [0.15, 0.2) is 0 Å². The number of rotatable bonds is 16. The largest absolute Gasteiger partial charge is 0.313 e. The maximum absolute atomic E-state index is 2.64. The molecule has 0 amide bonds. The molecule has 0 heterocycles. The highest BCUT2D eigenvalue weighted by Crippen LogP contribution is 2.18. The highest BCUT2D eigenvalue weighted by atomic mass is 15.4. The summed E-state index contributed by atoms with van der Waals surface area (Å²) in [5.41, 5.74) is 0. The molecule has 0 fully saturated rings. The van der Waals surface area contributed by atoms with Crippen molar-refractivity contribution in [3.63, 3.8) is 0 Å². The average molecular weight is 328 g/mol. The Morgan fingerprint density at radius 1 is 0.652 bits per heavy atom. The second kappa shape index (κ2) is 14.3. The van der Waals surface area contributed by atoms with Crippen molar-refractivity contribution in [2.75, 3.05) is 33.7 Å². The Hall–Kier alpha value is -0.0800. The molecular weight excluding hydrogens is 280 g/mol. The quantitative estimate of drug-likeness (QED) is 0.189. The van der Waals surface area contributed by atoms with Gasteiger partial charge in [-0.3, -0.25) is 4.90 Å². The lowest BCUT2D eigenvalue weighted by molar-refractivity contribution is -0.927. The zero-order chi connectivity index (χ0) is 17.6. The summed E-state index contributed by atoms with van der Waals surface area (Å²) in [7, 11) is 4.86. The van der Waals surface area contributed by atoms with E-state index in [1.165, 1.54) is 90.3 Å². The molecule has 1 unspecified atom stereocenters. The van der Waals surface area contributed by atoms with Gasteiger partial charge >= 0.3 is 0 Å². The van der Waals surface area contributed by atoms with Crippen molar-refractivity contribution in [3.8, 4) is 0 Å². The lowest BCUT2D eigenvalue weighted by Gasteiger charge is -2.43. The molecule has 1 atom stereocenters. The van der Waals surface area contributed by atoms with Crippen molar-refractivity contribution in [2.24, 2.45) is 0 Å². The van der Waals surface area contributed by atoms with Crippen LogP contribution in [0.15, 0.2) is 0 Å². The molecule has 0 aromatic rings. The Balaban J connectivity index is 3.80. The van der Waals surface area contributed by atoms with Crippen molar-refractivity contribution in [3.05, 3.63) is 0 Å². The van der Waals surface area contributed by atoms with Crippen molar-refractivity contribution in [1.29, 1.82) is 0 Å². The second-order valence-electron chi connectivity index (χ2n) is 7.79. The summed E-state index contributed by atoms with van der Waals surface area (Å²) in [5, 5.41) is 0. The molecule has 0 radical (unpaired) electrons. The molecule has 0 aromatic carbocycles. The minimum absolute atomic E-state index is 0.684. The summed E-state index contributed by atoms with van der Waals surface area (Å²) < 4.78 is 1.16. The van der Waals surface area contributed by atoms with E-state index >= 15 is 0 Å². The first-order valence-electron chi connectivity index (χ1n) is 10.6. The Morgan fingerprint density at radius 3 is 1.48 bits per heavy atom. The Kier molecular flexibility index (Phi) is 14.2. The Bertz CT molecular complexity index is 246. The van der Waals surface area contributed by atoms with Gasteiger partial charge in [0.05, 0.1) is 20.6 Å². The highest BCUT2D eigenvalue weighted by Gasteiger charge is 2.30. The van der Waals surface area contributed by atoms with Crippen LogP contribution in [0.1, 0.15) is 98.3 Å². The van der Waals surface area contributed by atoms with Gasteiger partial charge in [0.25, 0.3) is 0 Å². The van der Waals surface area contributed by atoms with E-state index in [0.717, 1.165) is 4.48 Å². The van der Waals surface area contributed by atoms with Crippen LogP contribution < -0.4 is 0 Å². The van der Waals surface area contributed by atoms with E-state index in [-0.39, 0.29) is 0 Å². The van der Waals surface area contributed by atoms with Crippen LogP contribution in [0, 0.1) is 0 Å². The van der Waals surface area contributed by atoms with Crippen LogP contribution in [0.5, 0.6) is 0 Å². The molecule has 0 aliphatic heterocycles. The van der Waals surface area contributed by atoms with Crippen molar-refractivity contribution < 1.29 is 4.48 Å². The van der Waals surface area contributed by atoms with E-state index < -0.39 is 0 Å². The molecule has 0 aliphatic rings. The summed E-state index contributed by atoms with van der Waals surface area (Å²) in [6, 6.07) is 0. The van der Waals surface area contributed by atoms with E-state index in [2.05, 4.69) is 46.7 Å². The number of hydrogen-bond acceptors (Lipinski definition) is 1. The van der Waals surface area contributed by atoms with E-state index in [0.29, 0.717) is 6.17 Å². The van der Waals surface area contributed by atoms with Gasteiger partial charge in [-0.25, -0.2) is 0 Å². The van der Waals surface area contributed by atoms with Gasteiger partial charge in [0.1, 0.15) is 6.17 Å². The van der Waals surface area contributed by atoms with Crippen LogP contribution >= 0.6 is 0 Å². The molecule has 0 N–H and O–H groups in total. The van der Waals surface area contributed by atoms with E-state index in [4.69, 9.17) is 0 Å². The predicted molar refractivity (Wildman–Crippen MR) is 106 cm³/mol. The van der Waals surface area contributed by atoms with Crippen molar-refractivity contribution in [2.45, 2.75) is 104 Å². The molecule has 2 heteroatoms. The minimum Gasteiger partial charge on any atom is -0.313 e. The van der Waals surface area contributed by atoms with Gasteiger partial charge in [-0.2, -0.15) is 0 Å². The number of unbranched alkanes of at least 4 members (excludes halogenated alkanes) is 9. The van der Waals surface area contributed by atoms with Crippen molar-refractivity contribution in [1.82, 2.24) is 4.90 Å². The minimum atomic E-state index is 0.684. The molecule has 0 aromatic heterocycles. The third-order valence-corrected chi connectivity index (χ3v) is 5.49. The van der Waals surface area contributed by atoms with Crippen LogP contribution in [0.25, 0.3) is 0 Å². The SMILES string of the molecule is CCCCCCCCCCCC[N+](C)(C)C(CC)N(CC)CC. The zero-order valence-corrected chi connectivity index (χ0v) is 17.4. The van der Waals surface area contributed by atoms with E-state index in [1.54, 1.807) is 0 Å². The number of nitrogens with zero attached hydrogens (tertiary/aromatic N) is 2. The first-order valence-corrected chi connectivity index (χ1v) is 10.6. The summed E-state index contributed by atoms with van der Waals surface area (Å²) in [6.07, 6.45) is 16.3. The third-order valence-electron chi connectivity index (χ3n) is 5.49. The summed E-state index contributed by atoms with van der Waals surface area (Å²) >= 11 is 0. The van der Waals surface area contributed by atoms with E-state index in [9.17, 15) is 0 Å². The number of hydrogen-bond donors (Lipinski definition) is 0. The lowest BCUT2D eigenvalue weighted by Crippen LogP contribution is -2.57. The van der Waals surface area contributed by atoms with Crippen LogP contribution in [-0.2, 0) is 0 Å².